The number of piperidine rings is 3. The van der Waals surface area contributed by atoms with Crippen molar-refractivity contribution in [3.05, 3.63) is 23.9 Å². The average molecular weight is 272 g/mol. The topological polar surface area (TPSA) is 49.8 Å². The summed E-state index contributed by atoms with van der Waals surface area (Å²) >= 11 is 0. The van der Waals surface area contributed by atoms with Gasteiger partial charge >= 0.3 is 0 Å². The molecule has 0 radical (unpaired) electrons. The van der Waals surface area contributed by atoms with Gasteiger partial charge in [-0.15, -0.1) is 0 Å². The molecule has 0 saturated carbocycles. The van der Waals surface area contributed by atoms with E-state index in [1.165, 1.54) is 25.9 Å². The zero-order chi connectivity index (χ0) is 13.6. The highest BCUT2D eigenvalue weighted by Gasteiger charge is 2.51. The van der Waals surface area contributed by atoms with E-state index in [0.29, 0.717) is 11.9 Å². The first-order valence-electron chi connectivity index (χ1n) is 7.40. The minimum absolute atomic E-state index is 0.0807. The van der Waals surface area contributed by atoms with Crippen LogP contribution in [0.2, 0.25) is 0 Å². The predicted octanol–water partition coefficient (Wildman–Crippen LogP) is 1.65. The van der Waals surface area contributed by atoms with E-state index in [0.717, 1.165) is 24.6 Å². The lowest BCUT2D eigenvalue weighted by Crippen LogP contribution is -2.61. The summed E-state index contributed by atoms with van der Waals surface area (Å²) in [7, 11) is 0. The maximum absolute atomic E-state index is 6.22. The first kappa shape index (κ1) is 12.1. The van der Waals surface area contributed by atoms with Gasteiger partial charge in [0.05, 0.1) is 6.54 Å². The third kappa shape index (κ3) is 1.97. The molecule has 5 rings (SSSR count). The van der Waals surface area contributed by atoms with E-state index >= 15 is 0 Å². The van der Waals surface area contributed by atoms with Crippen LogP contribution in [0.25, 0.3) is 0 Å². The maximum Gasteiger partial charge on any atom is 0.291 e. The highest BCUT2D eigenvalue weighted by Crippen LogP contribution is 2.40. The minimum Gasteiger partial charge on any atom is -0.455 e. The lowest BCUT2D eigenvalue weighted by molar-refractivity contribution is -0.0829. The number of anilines is 1. The van der Waals surface area contributed by atoms with Crippen molar-refractivity contribution in [1.82, 2.24) is 9.88 Å². The average Bonchev–Trinajstić information content (AvgIpc) is 2.83. The molecule has 5 heterocycles. The van der Waals surface area contributed by atoms with E-state index in [1.54, 1.807) is 0 Å². The summed E-state index contributed by atoms with van der Waals surface area (Å²) in [6.45, 7) is 6.23. The number of hydrogen-bond donors (Lipinski definition) is 1. The summed E-state index contributed by atoms with van der Waals surface area (Å²) in [6, 6.07) is 6.55. The Morgan fingerprint density at radius 3 is 2.90 bits per heavy atom. The van der Waals surface area contributed by atoms with Gasteiger partial charge in [0, 0.05) is 18.2 Å². The Hall–Kier alpha value is -1.62. The predicted molar refractivity (Wildman–Crippen MR) is 77.9 cm³/mol. The molecule has 1 spiro atoms. The number of aromatic nitrogens is 1. The molecule has 3 saturated heterocycles. The lowest BCUT2D eigenvalue weighted by Gasteiger charge is -2.50. The van der Waals surface area contributed by atoms with E-state index in [2.05, 4.69) is 20.2 Å². The van der Waals surface area contributed by atoms with Crippen LogP contribution in [-0.4, -0.2) is 47.7 Å². The number of rotatable bonds is 1. The molecule has 5 nitrogen and oxygen atoms in total. The van der Waals surface area contributed by atoms with Gasteiger partial charge in [-0.3, -0.25) is 10.2 Å². The molecule has 0 aromatic carbocycles. The number of hydrogen-bond acceptors (Lipinski definition) is 5. The monoisotopic (exact) mass is 272 g/mol. The number of nitrogens with one attached hydrogen (secondary N) is 1. The van der Waals surface area contributed by atoms with Crippen LogP contribution in [0.15, 0.2) is 23.2 Å². The first-order valence-corrected chi connectivity index (χ1v) is 7.40. The molecule has 0 aliphatic carbocycles. The molecule has 3 fully saturated rings. The summed E-state index contributed by atoms with van der Waals surface area (Å²) in [6.07, 6.45) is 2.48. The van der Waals surface area contributed by atoms with E-state index in [4.69, 9.17) is 4.74 Å². The van der Waals surface area contributed by atoms with Crippen LogP contribution in [0.5, 0.6) is 0 Å². The minimum atomic E-state index is -0.0807. The van der Waals surface area contributed by atoms with Crippen LogP contribution in [0.3, 0.4) is 0 Å². The van der Waals surface area contributed by atoms with Crippen LogP contribution >= 0.6 is 0 Å². The van der Waals surface area contributed by atoms with Gasteiger partial charge in [0.25, 0.3) is 6.02 Å². The Labute approximate surface area is 119 Å². The molecule has 4 aliphatic rings. The van der Waals surface area contributed by atoms with Crippen LogP contribution in [0.1, 0.15) is 18.5 Å². The van der Waals surface area contributed by atoms with Gasteiger partial charge < -0.3 is 4.74 Å². The summed E-state index contributed by atoms with van der Waals surface area (Å²) in [5.74, 6) is 1.46. The highest BCUT2D eigenvalue weighted by atomic mass is 16.5. The smallest absolute Gasteiger partial charge is 0.291 e. The van der Waals surface area contributed by atoms with Gasteiger partial charge in [-0.25, -0.2) is 9.98 Å². The molecule has 1 N–H and O–H groups in total. The molecule has 1 atom stereocenters. The Morgan fingerprint density at radius 1 is 1.35 bits per heavy atom. The molecule has 1 aromatic rings. The summed E-state index contributed by atoms with van der Waals surface area (Å²) in [5, 5.41) is 3.21. The van der Waals surface area contributed by atoms with Crippen molar-refractivity contribution in [2.75, 3.05) is 31.5 Å². The quantitative estimate of drug-likeness (QED) is 0.844. The largest absolute Gasteiger partial charge is 0.455 e. The third-order valence-electron chi connectivity index (χ3n) is 4.74. The molecule has 4 aliphatic heterocycles. The van der Waals surface area contributed by atoms with Crippen LogP contribution in [0.4, 0.5) is 5.82 Å². The van der Waals surface area contributed by atoms with Crippen molar-refractivity contribution in [3.8, 4) is 0 Å². The SMILES string of the molecule is Cc1cccc(NC2=NC[C@@]3(CN4CCC3CC4)O2)n1. The Kier molecular flexibility index (Phi) is 2.70. The van der Waals surface area contributed by atoms with Gasteiger partial charge in [0.2, 0.25) is 0 Å². The van der Waals surface area contributed by atoms with Crippen molar-refractivity contribution in [2.45, 2.75) is 25.4 Å². The molecule has 2 bridgehead atoms. The fourth-order valence-electron chi connectivity index (χ4n) is 3.67. The van der Waals surface area contributed by atoms with Gasteiger partial charge in [-0.1, -0.05) is 6.07 Å². The summed E-state index contributed by atoms with van der Waals surface area (Å²) in [4.78, 5) is 11.5. The molecule has 106 valence electrons. The Morgan fingerprint density at radius 2 is 2.20 bits per heavy atom. The van der Waals surface area contributed by atoms with Crippen molar-refractivity contribution in [1.29, 1.82) is 0 Å². The van der Waals surface area contributed by atoms with Gasteiger partial charge in [0.1, 0.15) is 11.4 Å². The maximum atomic E-state index is 6.22. The Balaban J connectivity index is 1.48. The normalized spacial score (nSPS) is 35.0. The van der Waals surface area contributed by atoms with Crippen molar-refractivity contribution >= 4 is 11.8 Å². The fraction of sp³-hybridized carbons (Fsp3) is 0.600. The summed E-state index contributed by atoms with van der Waals surface area (Å²) < 4.78 is 6.22. The second kappa shape index (κ2) is 4.45. The van der Waals surface area contributed by atoms with E-state index in [9.17, 15) is 0 Å². The van der Waals surface area contributed by atoms with E-state index in [-0.39, 0.29) is 5.60 Å². The fourth-order valence-corrected chi connectivity index (χ4v) is 3.67. The lowest BCUT2D eigenvalue weighted by atomic mass is 9.75. The second-order valence-electron chi connectivity index (χ2n) is 6.13. The standard InChI is InChI=1S/C15H20N4O/c1-11-3-2-4-13(17-11)18-14-16-9-15(20-14)10-19-7-5-12(15)6-8-19/h2-4,12H,5-10H2,1H3,(H,16,17,18)/t15-/m0/s1. The number of fused-ring (bicyclic) bond motifs is 2. The van der Waals surface area contributed by atoms with Gasteiger partial charge in [-0.05, 0) is 45.0 Å². The van der Waals surface area contributed by atoms with E-state index < -0.39 is 0 Å². The molecule has 5 heteroatoms. The number of nitrogens with zero attached hydrogens (tertiary/aromatic N) is 3. The van der Waals surface area contributed by atoms with Crippen LogP contribution in [-0.2, 0) is 4.74 Å². The number of pyridine rings is 1. The number of amidine groups is 1. The van der Waals surface area contributed by atoms with Gasteiger partial charge in [0.15, 0.2) is 0 Å². The third-order valence-corrected chi connectivity index (χ3v) is 4.74. The first-order chi connectivity index (χ1) is 9.73. The van der Waals surface area contributed by atoms with Crippen molar-refractivity contribution in [3.63, 3.8) is 0 Å². The highest BCUT2D eigenvalue weighted by molar-refractivity contribution is 5.89. The molecule has 1 aromatic heterocycles. The Bertz CT molecular complexity index is 551. The molecular weight excluding hydrogens is 252 g/mol. The zero-order valence-corrected chi connectivity index (χ0v) is 11.8. The van der Waals surface area contributed by atoms with Crippen LogP contribution < -0.4 is 5.32 Å². The molecule has 20 heavy (non-hydrogen) atoms. The molecular formula is C15H20N4O. The van der Waals surface area contributed by atoms with Gasteiger partial charge in [-0.2, -0.15) is 0 Å². The van der Waals surface area contributed by atoms with Crippen molar-refractivity contribution in [2.24, 2.45) is 10.9 Å². The van der Waals surface area contributed by atoms with Crippen LogP contribution in [0, 0.1) is 12.8 Å². The zero-order valence-electron chi connectivity index (χ0n) is 11.8. The second-order valence-corrected chi connectivity index (χ2v) is 6.13. The number of aliphatic imine (C=N–C) groups is 1. The number of ether oxygens (including phenoxy) is 1. The summed E-state index contributed by atoms with van der Waals surface area (Å²) in [5.41, 5.74) is 0.911. The van der Waals surface area contributed by atoms with E-state index in [1.807, 2.05) is 25.1 Å². The van der Waals surface area contributed by atoms with Crippen molar-refractivity contribution < 1.29 is 4.74 Å². The molecule has 0 unspecified atom stereocenters. The molecule has 0 amide bonds. The number of aryl methyl sites for hydroxylation is 1.